The average Bonchev–Trinajstić information content (AvgIpc) is 3.01. The molecule has 1 amide bonds. The summed E-state index contributed by atoms with van der Waals surface area (Å²) in [7, 11) is 1.46. The Labute approximate surface area is 258 Å². The molecule has 0 aromatic heterocycles. The van der Waals surface area contributed by atoms with Crippen molar-refractivity contribution < 1.29 is 61.9 Å². The van der Waals surface area contributed by atoms with Crippen molar-refractivity contribution in [3.8, 4) is 0 Å². The average molecular weight is 630 g/mol. The van der Waals surface area contributed by atoms with E-state index in [1.54, 1.807) is 0 Å². The fourth-order valence-electron chi connectivity index (χ4n) is 3.11. The van der Waals surface area contributed by atoms with Gasteiger partial charge in [-0.15, -0.1) is 0 Å². The fraction of sp³-hybridized carbons (Fsp3) is 0.966. The summed E-state index contributed by atoms with van der Waals surface area (Å²) in [6.45, 7) is 13.1. The third-order valence-corrected chi connectivity index (χ3v) is 5.35. The first kappa shape index (κ1) is 42.0. The molecule has 0 fully saturated rings. The normalized spacial score (nSPS) is 11.4. The first-order valence-corrected chi connectivity index (χ1v) is 15.5. The Morgan fingerprint density at radius 1 is 0.442 bits per heavy atom. The van der Waals surface area contributed by atoms with E-state index in [2.05, 4.69) is 22.0 Å². The van der Waals surface area contributed by atoms with Crippen molar-refractivity contribution in [1.82, 2.24) is 5.32 Å². The maximum atomic E-state index is 11.6. The predicted molar refractivity (Wildman–Crippen MR) is 158 cm³/mol. The minimum absolute atomic E-state index is 0.0346. The smallest absolute Gasteiger partial charge is 0.222 e. The van der Waals surface area contributed by atoms with Gasteiger partial charge in [0.15, 0.2) is 0 Å². The van der Waals surface area contributed by atoms with Crippen LogP contribution in [0.3, 0.4) is 0 Å². The second-order valence-corrected chi connectivity index (χ2v) is 8.92. The summed E-state index contributed by atoms with van der Waals surface area (Å²) in [6.07, 6.45) is 3.69. The van der Waals surface area contributed by atoms with Crippen LogP contribution in [0.4, 0.5) is 0 Å². The van der Waals surface area contributed by atoms with Crippen LogP contribution >= 0.6 is 0 Å². The quantitative estimate of drug-likeness (QED) is 0.0599. The van der Waals surface area contributed by atoms with Crippen molar-refractivity contribution in [1.29, 1.82) is 0 Å². The van der Waals surface area contributed by atoms with Gasteiger partial charge in [-0.25, -0.2) is 9.78 Å². The van der Waals surface area contributed by atoms with Crippen LogP contribution in [0.5, 0.6) is 0 Å². The van der Waals surface area contributed by atoms with E-state index in [0.717, 1.165) is 25.8 Å². The van der Waals surface area contributed by atoms with Gasteiger partial charge in [-0.05, 0) is 6.42 Å². The molecule has 0 spiro atoms. The van der Waals surface area contributed by atoms with E-state index in [-0.39, 0.29) is 5.91 Å². The number of unbranched alkanes of at least 4 members (excludes halogenated alkanes) is 2. The molecule has 0 heterocycles. The second kappa shape index (κ2) is 39.0. The van der Waals surface area contributed by atoms with Gasteiger partial charge in [-0.1, -0.05) is 19.8 Å². The van der Waals surface area contributed by atoms with Crippen LogP contribution in [0, 0.1) is 0 Å². The standard InChI is InChI=1S/C29H59NO13/c1-3-4-5-7-30-29(31)6-8-33-9-10-34-11-12-35-13-14-36-15-16-37-17-18-38-19-20-39-21-22-40-23-24-41-25-26-42-27-28-43-32-2/h3-28H2,1-2H3,(H,30,31). The first-order valence-electron chi connectivity index (χ1n) is 15.5. The largest absolute Gasteiger partial charge is 0.379 e. The van der Waals surface area contributed by atoms with E-state index < -0.39 is 0 Å². The minimum atomic E-state index is 0.0346. The molecule has 0 aliphatic carbocycles. The van der Waals surface area contributed by atoms with Crippen molar-refractivity contribution in [2.45, 2.75) is 32.6 Å². The van der Waals surface area contributed by atoms with Gasteiger partial charge in [0.1, 0.15) is 6.61 Å². The maximum Gasteiger partial charge on any atom is 0.222 e. The van der Waals surface area contributed by atoms with Crippen LogP contribution < -0.4 is 5.32 Å². The van der Waals surface area contributed by atoms with Crippen LogP contribution in [0.25, 0.3) is 0 Å². The number of hydrogen-bond donors (Lipinski definition) is 1. The predicted octanol–water partition coefficient (Wildman–Crippen LogP) is 1.43. The molecule has 0 aliphatic rings. The number of nitrogens with one attached hydrogen (secondary N) is 1. The lowest BCUT2D eigenvalue weighted by Crippen LogP contribution is -2.25. The van der Waals surface area contributed by atoms with Crippen molar-refractivity contribution >= 4 is 5.91 Å². The Bertz CT molecular complexity index is 535. The molecule has 0 aromatic carbocycles. The molecular weight excluding hydrogens is 570 g/mol. The summed E-state index contributed by atoms with van der Waals surface area (Å²) < 4.78 is 54.2. The van der Waals surface area contributed by atoms with Gasteiger partial charge in [0.25, 0.3) is 0 Å². The molecule has 14 heteroatoms. The second-order valence-electron chi connectivity index (χ2n) is 8.92. The Hall–Kier alpha value is -1.01. The molecule has 0 saturated carbocycles. The topological polar surface area (TPSA) is 140 Å². The lowest BCUT2D eigenvalue weighted by Gasteiger charge is -2.09. The van der Waals surface area contributed by atoms with E-state index in [1.165, 1.54) is 7.11 Å². The van der Waals surface area contributed by atoms with Crippen molar-refractivity contribution in [2.75, 3.05) is 152 Å². The van der Waals surface area contributed by atoms with E-state index in [1.807, 2.05) is 0 Å². The zero-order valence-electron chi connectivity index (χ0n) is 26.7. The number of carbonyl (C=O) groups is 1. The molecule has 0 bridgehead atoms. The van der Waals surface area contributed by atoms with Gasteiger partial charge in [0.05, 0.1) is 139 Å². The summed E-state index contributed by atoms with van der Waals surface area (Å²) >= 11 is 0. The Balaban J connectivity index is 3.07. The fourth-order valence-corrected chi connectivity index (χ4v) is 3.11. The maximum absolute atomic E-state index is 11.6. The third-order valence-electron chi connectivity index (χ3n) is 5.35. The van der Waals surface area contributed by atoms with Crippen LogP contribution in [0.1, 0.15) is 32.6 Å². The molecule has 0 atom stereocenters. The van der Waals surface area contributed by atoms with Crippen LogP contribution in [0.15, 0.2) is 0 Å². The minimum Gasteiger partial charge on any atom is -0.379 e. The highest BCUT2D eigenvalue weighted by molar-refractivity contribution is 5.75. The van der Waals surface area contributed by atoms with E-state index >= 15 is 0 Å². The van der Waals surface area contributed by atoms with E-state index in [0.29, 0.717) is 145 Å². The van der Waals surface area contributed by atoms with Crippen LogP contribution in [-0.2, 0) is 61.9 Å². The highest BCUT2D eigenvalue weighted by Crippen LogP contribution is 1.92. The van der Waals surface area contributed by atoms with Gasteiger partial charge >= 0.3 is 0 Å². The number of rotatable bonds is 38. The van der Waals surface area contributed by atoms with Gasteiger partial charge in [0.2, 0.25) is 5.91 Å². The van der Waals surface area contributed by atoms with Crippen LogP contribution in [-0.4, -0.2) is 158 Å². The zero-order chi connectivity index (χ0) is 31.2. The van der Waals surface area contributed by atoms with Crippen molar-refractivity contribution in [3.63, 3.8) is 0 Å². The summed E-state index contributed by atoms with van der Waals surface area (Å²) in [4.78, 5) is 20.7. The third kappa shape index (κ3) is 39.0. The number of carbonyl (C=O) groups excluding carboxylic acids is 1. The van der Waals surface area contributed by atoms with E-state index in [9.17, 15) is 4.79 Å². The molecule has 0 rings (SSSR count). The number of hydrogen-bond acceptors (Lipinski definition) is 13. The Kier molecular flexibility index (Phi) is 38.1. The number of ether oxygens (including phenoxy) is 10. The molecule has 14 nitrogen and oxygen atoms in total. The van der Waals surface area contributed by atoms with Gasteiger partial charge in [-0.2, -0.15) is 0 Å². The summed E-state index contributed by atoms with van der Waals surface area (Å²) in [5.41, 5.74) is 0. The molecule has 0 unspecified atom stereocenters. The lowest BCUT2D eigenvalue weighted by atomic mass is 10.2. The monoisotopic (exact) mass is 629 g/mol. The highest BCUT2D eigenvalue weighted by atomic mass is 17.2. The lowest BCUT2D eigenvalue weighted by molar-refractivity contribution is -0.277. The van der Waals surface area contributed by atoms with Crippen molar-refractivity contribution in [2.24, 2.45) is 0 Å². The SMILES string of the molecule is CCCCCNC(=O)CCOCCOCCOCCOCCOCCOCCOCCOCCOCCOCCOOC. The highest BCUT2D eigenvalue weighted by Gasteiger charge is 2.00. The van der Waals surface area contributed by atoms with Gasteiger partial charge in [-0.3, -0.25) is 4.79 Å². The summed E-state index contributed by atoms with van der Waals surface area (Å²) in [6, 6.07) is 0. The molecule has 258 valence electrons. The molecule has 0 saturated heterocycles. The summed E-state index contributed by atoms with van der Waals surface area (Å²) in [5, 5.41) is 2.89. The molecule has 0 radical (unpaired) electrons. The Morgan fingerprint density at radius 3 is 1.05 bits per heavy atom. The van der Waals surface area contributed by atoms with Crippen LogP contribution in [0.2, 0.25) is 0 Å². The number of amides is 1. The van der Waals surface area contributed by atoms with Gasteiger partial charge < -0.3 is 52.7 Å². The van der Waals surface area contributed by atoms with Gasteiger partial charge in [0, 0.05) is 13.0 Å². The molecule has 1 N–H and O–H groups in total. The molecule has 0 aliphatic heterocycles. The first-order chi connectivity index (χ1) is 21.3. The molecule has 43 heavy (non-hydrogen) atoms. The molecular formula is C29H59NO13. The van der Waals surface area contributed by atoms with Crippen molar-refractivity contribution in [3.05, 3.63) is 0 Å². The zero-order valence-corrected chi connectivity index (χ0v) is 26.7. The molecule has 0 aromatic rings. The van der Waals surface area contributed by atoms with E-state index in [4.69, 9.17) is 47.4 Å². The Morgan fingerprint density at radius 2 is 0.744 bits per heavy atom. The summed E-state index contributed by atoms with van der Waals surface area (Å²) in [5.74, 6) is 0.0346.